The van der Waals surface area contributed by atoms with Gasteiger partial charge >= 0.3 is 10.1 Å². The first kappa shape index (κ1) is 19.5. The smallest absolute Gasteiger partial charge is 0.306 e. The predicted octanol–water partition coefficient (Wildman–Crippen LogP) is -1.01. The van der Waals surface area contributed by atoms with Crippen LogP contribution in [0.5, 0.6) is 5.75 Å². The Hall–Kier alpha value is -1.59. The van der Waals surface area contributed by atoms with E-state index in [0.29, 0.717) is 11.1 Å². The standard InChI is InChI=1S/C12H17BN2O6S2/c1-8-6-9(4-5-11(8)21-23(3,19)20)7-10(12(16)14-13)15-22(2,17)18/h4-6,10,15H,7H2,1-3H3,(H,14,16)/t10-/m0/s1. The maximum absolute atomic E-state index is 11.7. The third kappa shape index (κ3) is 7.01. The molecule has 11 heteroatoms. The number of hydrogen-bond acceptors (Lipinski definition) is 6. The molecule has 0 heterocycles. The lowest BCUT2D eigenvalue weighted by atomic mass is 10.0. The molecule has 8 nitrogen and oxygen atoms in total. The van der Waals surface area contributed by atoms with Gasteiger partial charge in [0.15, 0.2) is 0 Å². The van der Waals surface area contributed by atoms with Gasteiger partial charge in [0.1, 0.15) is 11.8 Å². The highest BCUT2D eigenvalue weighted by molar-refractivity contribution is 7.88. The first-order valence-corrected chi connectivity index (χ1v) is 10.1. The Bertz CT molecular complexity index is 792. The Balaban J connectivity index is 3.01. The summed E-state index contributed by atoms with van der Waals surface area (Å²) >= 11 is 0. The SMILES string of the molecule is [B]NC(=O)[C@H](Cc1ccc(OS(C)(=O)=O)c(C)c1)NS(C)(=O)=O. The van der Waals surface area contributed by atoms with E-state index in [1.807, 2.05) is 5.23 Å². The van der Waals surface area contributed by atoms with Crippen molar-refractivity contribution in [3.63, 3.8) is 0 Å². The molecule has 1 atom stereocenters. The zero-order chi connectivity index (χ0) is 17.8. The maximum atomic E-state index is 11.7. The van der Waals surface area contributed by atoms with Crippen LogP contribution >= 0.6 is 0 Å². The van der Waals surface area contributed by atoms with E-state index in [9.17, 15) is 21.6 Å². The third-order valence-corrected chi connectivity index (χ3v) is 3.93. The lowest BCUT2D eigenvalue weighted by Crippen LogP contribution is -2.47. The molecule has 0 unspecified atom stereocenters. The van der Waals surface area contributed by atoms with Gasteiger partial charge in [-0.15, -0.1) is 0 Å². The van der Waals surface area contributed by atoms with E-state index in [2.05, 4.69) is 4.72 Å². The van der Waals surface area contributed by atoms with Crippen LogP contribution in [0.15, 0.2) is 18.2 Å². The van der Waals surface area contributed by atoms with Gasteiger partial charge in [0.2, 0.25) is 23.9 Å². The van der Waals surface area contributed by atoms with Crippen molar-refractivity contribution in [2.45, 2.75) is 19.4 Å². The largest absolute Gasteiger partial charge is 0.408 e. The van der Waals surface area contributed by atoms with E-state index < -0.39 is 32.1 Å². The second-order valence-electron chi connectivity index (χ2n) is 5.04. The highest BCUT2D eigenvalue weighted by Gasteiger charge is 2.21. The second-order valence-corrected chi connectivity index (χ2v) is 8.40. The van der Waals surface area contributed by atoms with E-state index in [1.54, 1.807) is 13.0 Å². The van der Waals surface area contributed by atoms with Crippen LogP contribution in [0, 0.1) is 6.92 Å². The molecule has 0 saturated heterocycles. The van der Waals surface area contributed by atoms with Crippen molar-refractivity contribution in [2.24, 2.45) is 0 Å². The van der Waals surface area contributed by atoms with E-state index in [-0.39, 0.29) is 12.2 Å². The Morgan fingerprint density at radius 3 is 2.30 bits per heavy atom. The van der Waals surface area contributed by atoms with E-state index in [4.69, 9.17) is 12.2 Å². The molecule has 126 valence electrons. The van der Waals surface area contributed by atoms with Crippen LogP contribution < -0.4 is 14.1 Å². The summed E-state index contributed by atoms with van der Waals surface area (Å²) in [6, 6.07) is 3.48. The number of amides is 1. The number of carbonyl (C=O) groups excluding carboxylic acids is 1. The quantitative estimate of drug-likeness (QED) is 0.475. The summed E-state index contributed by atoms with van der Waals surface area (Å²) in [4.78, 5) is 11.7. The van der Waals surface area contributed by atoms with Crippen molar-refractivity contribution >= 4 is 34.0 Å². The molecular formula is C12H17BN2O6S2. The van der Waals surface area contributed by atoms with Crippen molar-refractivity contribution in [1.82, 2.24) is 9.95 Å². The van der Waals surface area contributed by atoms with Crippen molar-refractivity contribution < 1.29 is 25.8 Å². The lowest BCUT2D eigenvalue weighted by Gasteiger charge is -2.17. The molecule has 1 amide bonds. The van der Waals surface area contributed by atoms with Gasteiger partial charge < -0.3 is 9.41 Å². The summed E-state index contributed by atoms with van der Waals surface area (Å²) in [5.74, 6) is -0.531. The number of nitrogens with one attached hydrogen (secondary N) is 2. The number of benzene rings is 1. The molecule has 0 aliphatic rings. The third-order valence-electron chi connectivity index (χ3n) is 2.74. The Morgan fingerprint density at radius 1 is 1.26 bits per heavy atom. The molecular weight excluding hydrogens is 343 g/mol. The summed E-state index contributed by atoms with van der Waals surface area (Å²) in [5.41, 5.74) is 1.13. The van der Waals surface area contributed by atoms with Crippen molar-refractivity contribution in [3.8, 4) is 5.75 Å². The lowest BCUT2D eigenvalue weighted by molar-refractivity contribution is -0.121. The molecule has 1 aromatic rings. The van der Waals surface area contributed by atoms with Crippen LogP contribution in [0.25, 0.3) is 0 Å². The van der Waals surface area contributed by atoms with Gasteiger partial charge in [0.05, 0.1) is 12.5 Å². The molecule has 0 spiro atoms. The average Bonchev–Trinajstić information content (AvgIpc) is 2.37. The topological polar surface area (TPSA) is 119 Å². The fourth-order valence-corrected chi connectivity index (χ4v) is 3.10. The summed E-state index contributed by atoms with van der Waals surface area (Å²) in [5, 5.41) is 1.90. The van der Waals surface area contributed by atoms with E-state index in [1.165, 1.54) is 12.1 Å². The van der Waals surface area contributed by atoms with Crippen molar-refractivity contribution in [1.29, 1.82) is 0 Å². The summed E-state index contributed by atoms with van der Waals surface area (Å²) in [7, 11) is -2.21. The Kier molecular flexibility index (Phi) is 6.20. The van der Waals surface area contributed by atoms with Gasteiger partial charge in [-0.25, -0.2) is 13.1 Å². The number of hydrogen-bond donors (Lipinski definition) is 2. The molecule has 2 radical (unpaired) electrons. The van der Waals surface area contributed by atoms with E-state index in [0.717, 1.165) is 12.5 Å². The number of carbonyl (C=O) groups is 1. The van der Waals surface area contributed by atoms with Crippen LogP contribution in [0.1, 0.15) is 11.1 Å². The van der Waals surface area contributed by atoms with Crippen molar-refractivity contribution in [2.75, 3.05) is 12.5 Å². The minimum Gasteiger partial charge on any atom is -0.408 e. The second kappa shape index (κ2) is 7.32. The van der Waals surface area contributed by atoms with Gasteiger partial charge in [-0.1, -0.05) is 12.1 Å². The Labute approximate surface area is 137 Å². The first-order valence-electron chi connectivity index (χ1n) is 6.38. The molecule has 1 aromatic carbocycles. The molecule has 0 aromatic heterocycles. The van der Waals surface area contributed by atoms with Crippen molar-refractivity contribution in [3.05, 3.63) is 29.3 Å². The fourth-order valence-electron chi connectivity index (χ4n) is 1.88. The van der Waals surface area contributed by atoms with Crippen LogP contribution in [0.3, 0.4) is 0 Å². The molecule has 2 N–H and O–H groups in total. The summed E-state index contributed by atoms with van der Waals surface area (Å²) in [6.45, 7) is 1.63. The number of sulfonamides is 1. The first-order chi connectivity index (χ1) is 10.4. The highest BCUT2D eigenvalue weighted by Crippen LogP contribution is 2.21. The van der Waals surface area contributed by atoms with Gasteiger partial charge in [-0.2, -0.15) is 8.42 Å². The number of aryl methyl sites for hydroxylation is 1. The Morgan fingerprint density at radius 2 is 1.87 bits per heavy atom. The molecule has 0 fully saturated rings. The highest BCUT2D eigenvalue weighted by atomic mass is 32.2. The van der Waals surface area contributed by atoms with Gasteiger partial charge in [-0.05, 0) is 30.5 Å². The summed E-state index contributed by atoms with van der Waals surface area (Å²) in [6.07, 6.45) is 1.90. The average molecular weight is 360 g/mol. The molecule has 0 saturated carbocycles. The van der Waals surface area contributed by atoms with Gasteiger partial charge in [0.25, 0.3) is 0 Å². The zero-order valence-electron chi connectivity index (χ0n) is 12.9. The van der Waals surface area contributed by atoms with Gasteiger partial charge in [-0.3, -0.25) is 4.79 Å². The molecule has 0 bridgehead atoms. The van der Waals surface area contributed by atoms with E-state index >= 15 is 0 Å². The van der Waals surface area contributed by atoms with Crippen LogP contribution in [0.2, 0.25) is 0 Å². The zero-order valence-corrected chi connectivity index (χ0v) is 14.5. The molecule has 0 aliphatic heterocycles. The summed E-state index contributed by atoms with van der Waals surface area (Å²) < 4.78 is 51.9. The maximum Gasteiger partial charge on any atom is 0.306 e. The minimum atomic E-state index is -3.65. The molecule has 1 rings (SSSR count). The van der Waals surface area contributed by atoms with Crippen LogP contribution in [-0.4, -0.2) is 49.3 Å². The fraction of sp³-hybridized carbons (Fsp3) is 0.417. The normalized spacial score (nSPS) is 13.3. The van der Waals surface area contributed by atoms with Crippen LogP contribution in [0.4, 0.5) is 0 Å². The van der Waals surface area contributed by atoms with Crippen LogP contribution in [-0.2, 0) is 31.4 Å². The monoisotopic (exact) mass is 360 g/mol. The minimum absolute atomic E-state index is 0.0378. The molecule has 23 heavy (non-hydrogen) atoms. The molecule has 0 aliphatic carbocycles. The number of rotatable bonds is 7. The van der Waals surface area contributed by atoms with Gasteiger partial charge in [0, 0.05) is 0 Å². The predicted molar refractivity (Wildman–Crippen MR) is 86.0 cm³/mol.